The van der Waals surface area contributed by atoms with Crippen molar-refractivity contribution in [2.24, 2.45) is 5.92 Å². The maximum Gasteiger partial charge on any atom is 0.222 e. The molecule has 0 radical (unpaired) electrons. The average Bonchev–Trinajstić information content (AvgIpc) is 2.95. The van der Waals surface area contributed by atoms with Crippen LogP contribution in [0, 0.1) is 5.92 Å². The van der Waals surface area contributed by atoms with E-state index < -0.39 is 0 Å². The first-order valence-corrected chi connectivity index (χ1v) is 15.0. The van der Waals surface area contributed by atoms with E-state index in [4.69, 9.17) is 9.47 Å². The normalized spacial score (nSPS) is 25.3. The van der Waals surface area contributed by atoms with Gasteiger partial charge in [0.1, 0.15) is 5.75 Å². The molecule has 2 aromatic rings. The van der Waals surface area contributed by atoms with E-state index in [2.05, 4.69) is 79.2 Å². The molecule has 2 aliphatic rings. The Kier molecular flexibility index (Phi) is 10.1. The van der Waals surface area contributed by atoms with Crippen LogP contribution in [0.2, 0.25) is 0 Å². The van der Waals surface area contributed by atoms with Gasteiger partial charge in [0.25, 0.3) is 0 Å². The van der Waals surface area contributed by atoms with Gasteiger partial charge in [-0.05, 0) is 87.7 Å². The van der Waals surface area contributed by atoms with Crippen LogP contribution in [0.3, 0.4) is 0 Å². The Morgan fingerprint density at radius 3 is 2.56 bits per heavy atom. The monoisotopic (exact) mass is 534 g/mol. The van der Waals surface area contributed by atoms with Crippen molar-refractivity contribution in [2.45, 2.75) is 88.7 Å². The third-order valence-electron chi connectivity index (χ3n) is 9.32. The fraction of sp³-hybridized carbons (Fsp3) is 0.618. The molecular weight excluding hydrogens is 484 g/mol. The minimum atomic E-state index is -0.271. The fourth-order valence-corrected chi connectivity index (χ4v) is 7.28. The van der Waals surface area contributed by atoms with Crippen molar-refractivity contribution in [3.05, 3.63) is 65.7 Å². The molecule has 1 saturated heterocycles. The number of unbranched alkanes of at least 4 members (excludes halogenated alkanes) is 2. The zero-order chi connectivity index (χ0) is 27.9. The van der Waals surface area contributed by atoms with Gasteiger partial charge in [0, 0.05) is 38.1 Å². The topological polar surface area (TPSA) is 42.0 Å². The number of methoxy groups -OCH3 is 2. The Labute approximate surface area is 236 Å². The van der Waals surface area contributed by atoms with E-state index in [9.17, 15) is 4.79 Å². The molecule has 1 heterocycles. The number of hydrogen-bond acceptors (Lipinski definition) is 4. The van der Waals surface area contributed by atoms with Gasteiger partial charge in [-0.2, -0.15) is 0 Å². The number of likely N-dealkylation sites (N-methyl/N-ethyl adjacent to an activating group) is 1. The van der Waals surface area contributed by atoms with Crippen LogP contribution < -0.4 is 4.74 Å². The molecule has 1 amide bonds. The summed E-state index contributed by atoms with van der Waals surface area (Å²) in [6.45, 7) is 7.22. The van der Waals surface area contributed by atoms with Gasteiger partial charge in [0.15, 0.2) is 0 Å². The molecule has 4 rings (SSSR count). The molecule has 1 aliphatic heterocycles. The standard InChI is InChI=1S/C34H50N2O3/c1-27(2)25-36(32(37)18-11-7-10-15-28-13-8-6-9-14-28)30-19-20-34(39-5)26-35(3)22-21-33(34,24-30)29-16-12-17-31(23-29)38-4/h6,8-9,12-14,16-17,23,27,30H,7,10-11,15,18-22,24-26H2,1-5H3/t30-,33+,34+/m1/s1. The van der Waals surface area contributed by atoms with Gasteiger partial charge in [-0.1, -0.05) is 62.7 Å². The van der Waals surface area contributed by atoms with Crippen LogP contribution in [0.5, 0.6) is 5.75 Å². The van der Waals surface area contributed by atoms with Crippen LogP contribution in [0.4, 0.5) is 0 Å². The summed E-state index contributed by atoms with van der Waals surface area (Å²) in [6, 6.07) is 19.5. The Morgan fingerprint density at radius 2 is 1.85 bits per heavy atom. The van der Waals surface area contributed by atoms with Gasteiger partial charge in [-0.25, -0.2) is 0 Å². The minimum Gasteiger partial charge on any atom is -0.497 e. The zero-order valence-electron chi connectivity index (χ0n) is 25.0. The molecule has 5 nitrogen and oxygen atoms in total. The van der Waals surface area contributed by atoms with Crippen molar-refractivity contribution in [2.75, 3.05) is 40.9 Å². The lowest BCUT2D eigenvalue weighted by atomic mass is 9.55. The zero-order valence-corrected chi connectivity index (χ0v) is 25.0. The summed E-state index contributed by atoms with van der Waals surface area (Å²) in [5, 5.41) is 0. The molecule has 1 aliphatic carbocycles. The summed E-state index contributed by atoms with van der Waals surface area (Å²) < 4.78 is 12.1. The van der Waals surface area contributed by atoms with Gasteiger partial charge in [-0.15, -0.1) is 0 Å². The highest BCUT2D eigenvalue weighted by atomic mass is 16.5. The molecular formula is C34H50N2O3. The Morgan fingerprint density at radius 1 is 1.05 bits per heavy atom. The number of amides is 1. The molecule has 0 bridgehead atoms. The Bertz CT molecular complexity index is 1060. The van der Waals surface area contributed by atoms with Crippen LogP contribution in [-0.4, -0.2) is 68.3 Å². The average molecular weight is 535 g/mol. The van der Waals surface area contributed by atoms with E-state index >= 15 is 0 Å². The molecule has 2 fully saturated rings. The van der Waals surface area contributed by atoms with Gasteiger partial charge in [0.2, 0.25) is 5.91 Å². The molecule has 1 saturated carbocycles. The molecule has 0 aromatic heterocycles. The molecule has 2 aromatic carbocycles. The van der Waals surface area contributed by atoms with Crippen LogP contribution in [0.15, 0.2) is 54.6 Å². The summed E-state index contributed by atoms with van der Waals surface area (Å²) in [5.41, 5.74) is 2.25. The van der Waals surface area contributed by atoms with Crippen molar-refractivity contribution in [3.8, 4) is 5.75 Å². The van der Waals surface area contributed by atoms with E-state index in [0.29, 0.717) is 18.2 Å². The molecule has 214 valence electrons. The number of benzene rings is 2. The highest BCUT2D eigenvalue weighted by molar-refractivity contribution is 5.76. The first-order chi connectivity index (χ1) is 18.8. The maximum atomic E-state index is 13.8. The van der Waals surface area contributed by atoms with Crippen molar-refractivity contribution in [1.82, 2.24) is 9.80 Å². The fourth-order valence-electron chi connectivity index (χ4n) is 7.28. The highest BCUT2D eigenvalue weighted by Gasteiger charge is 2.59. The smallest absolute Gasteiger partial charge is 0.222 e. The number of carbonyl (C=O) groups is 1. The summed E-state index contributed by atoms with van der Waals surface area (Å²) in [4.78, 5) is 18.4. The number of piperidine rings is 1. The number of fused-ring (bicyclic) bond motifs is 1. The lowest BCUT2D eigenvalue weighted by molar-refractivity contribution is -0.160. The van der Waals surface area contributed by atoms with Crippen LogP contribution >= 0.6 is 0 Å². The Balaban J connectivity index is 1.51. The number of likely N-dealkylation sites (tertiary alicyclic amines) is 1. The Hall–Kier alpha value is -2.37. The van der Waals surface area contributed by atoms with E-state index in [1.54, 1.807) is 7.11 Å². The molecule has 0 spiro atoms. The van der Waals surface area contributed by atoms with Crippen LogP contribution in [-0.2, 0) is 21.4 Å². The SMILES string of the molecule is COc1cccc([C@@]23CCN(C)C[C@@]2(OC)CC[C@@H](N(CC(C)C)C(=O)CCCCCc2ccccc2)C3)c1. The van der Waals surface area contributed by atoms with Gasteiger partial charge in [0.05, 0.1) is 12.7 Å². The molecule has 39 heavy (non-hydrogen) atoms. The van der Waals surface area contributed by atoms with Gasteiger partial charge >= 0.3 is 0 Å². The predicted molar refractivity (Wildman–Crippen MR) is 159 cm³/mol. The molecule has 3 atom stereocenters. The summed E-state index contributed by atoms with van der Waals surface area (Å²) in [7, 11) is 5.83. The highest BCUT2D eigenvalue weighted by Crippen LogP contribution is 2.54. The lowest BCUT2D eigenvalue weighted by Gasteiger charge is -2.60. The maximum absolute atomic E-state index is 13.8. The van der Waals surface area contributed by atoms with Gasteiger partial charge < -0.3 is 19.3 Å². The molecule has 0 unspecified atom stereocenters. The summed E-state index contributed by atoms with van der Waals surface area (Å²) in [6.07, 6.45) is 8.81. The van der Waals surface area contributed by atoms with E-state index in [1.807, 2.05) is 13.2 Å². The minimum absolute atomic E-state index is 0.156. The summed E-state index contributed by atoms with van der Waals surface area (Å²) >= 11 is 0. The number of carbonyl (C=O) groups excluding carboxylic acids is 1. The van der Waals surface area contributed by atoms with Crippen LogP contribution in [0.25, 0.3) is 0 Å². The van der Waals surface area contributed by atoms with E-state index in [1.165, 1.54) is 11.1 Å². The first-order valence-electron chi connectivity index (χ1n) is 15.0. The van der Waals surface area contributed by atoms with Gasteiger partial charge in [-0.3, -0.25) is 4.79 Å². The van der Waals surface area contributed by atoms with E-state index in [-0.39, 0.29) is 17.1 Å². The summed E-state index contributed by atoms with van der Waals surface area (Å²) in [5.74, 6) is 1.65. The molecule has 5 heteroatoms. The van der Waals surface area contributed by atoms with Crippen LogP contribution in [0.1, 0.15) is 76.3 Å². The third kappa shape index (κ3) is 6.69. The predicted octanol–water partition coefficient (Wildman–Crippen LogP) is 6.49. The largest absolute Gasteiger partial charge is 0.497 e. The lowest BCUT2D eigenvalue weighted by Crippen LogP contribution is -2.67. The van der Waals surface area contributed by atoms with E-state index in [0.717, 1.165) is 76.8 Å². The number of hydrogen-bond donors (Lipinski definition) is 0. The van der Waals surface area contributed by atoms with Crippen molar-refractivity contribution in [3.63, 3.8) is 0 Å². The van der Waals surface area contributed by atoms with Crippen molar-refractivity contribution in [1.29, 1.82) is 0 Å². The number of nitrogens with zero attached hydrogens (tertiary/aromatic N) is 2. The quantitative estimate of drug-likeness (QED) is 0.292. The number of rotatable bonds is 12. The van der Waals surface area contributed by atoms with Crippen molar-refractivity contribution >= 4 is 5.91 Å². The second kappa shape index (κ2) is 13.3. The first kappa shape index (κ1) is 29.6. The molecule has 0 N–H and O–H groups in total. The second-order valence-electron chi connectivity index (χ2n) is 12.4. The number of aryl methyl sites for hydroxylation is 1. The number of ether oxygens (including phenoxy) is 2. The van der Waals surface area contributed by atoms with Crippen molar-refractivity contribution < 1.29 is 14.3 Å². The third-order valence-corrected chi connectivity index (χ3v) is 9.32. The second-order valence-corrected chi connectivity index (χ2v) is 12.4.